The Balaban J connectivity index is 2.22. The minimum Gasteiger partial charge on any atom is -0.453 e. The van der Waals surface area contributed by atoms with E-state index in [2.05, 4.69) is 12.0 Å². The van der Waals surface area contributed by atoms with Crippen LogP contribution in [0.5, 0.6) is 11.5 Å². The van der Waals surface area contributed by atoms with Crippen LogP contribution in [-0.2, 0) is 6.54 Å². The maximum absolute atomic E-state index is 11.0. The van der Waals surface area contributed by atoms with Crippen LogP contribution in [0, 0.1) is 0 Å². The summed E-state index contributed by atoms with van der Waals surface area (Å²) in [7, 11) is 0. The van der Waals surface area contributed by atoms with Crippen LogP contribution in [0.1, 0.15) is 23.7 Å². The van der Waals surface area contributed by atoms with Gasteiger partial charge >= 0.3 is 0 Å². The van der Waals surface area contributed by atoms with E-state index in [0.717, 1.165) is 13.0 Å². The third-order valence-corrected chi connectivity index (χ3v) is 2.75. The number of carbonyl (C=O) groups excluding carboxylic acids is 1. The number of ether oxygens (including phenoxy) is 1. The normalized spacial score (nSPS) is 10.3. The number of hydrogen-bond acceptors (Lipinski definition) is 3. The van der Waals surface area contributed by atoms with E-state index in [-0.39, 0.29) is 0 Å². The van der Waals surface area contributed by atoms with Crippen LogP contribution in [0.2, 0.25) is 5.02 Å². The Morgan fingerprint density at radius 1 is 1.50 bits per heavy atom. The highest BCUT2D eigenvalue weighted by Gasteiger charge is 2.09. The lowest BCUT2D eigenvalue weighted by Gasteiger charge is -2.06. The van der Waals surface area contributed by atoms with Crippen LogP contribution in [0.25, 0.3) is 0 Å². The van der Waals surface area contributed by atoms with E-state index >= 15 is 0 Å². The molecule has 5 heteroatoms. The lowest BCUT2D eigenvalue weighted by molar-refractivity contribution is 0.112. The summed E-state index contributed by atoms with van der Waals surface area (Å²) in [6, 6.07) is 5.09. The van der Waals surface area contributed by atoms with Gasteiger partial charge in [0.15, 0.2) is 12.0 Å². The van der Waals surface area contributed by atoms with Crippen molar-refractivity contribution in [3.63, 3.8) is 0 Å². The standard InChI is InChI=1S/C13H13ClN2O2/c1-2-6-16-8-10(7-15-16)18-13-5-3-4-12(14)11(13)9-17/h3-5,7-9H,2,6H2,1H3. The zero-order valence-corrected chi connectivity index (χ0v) is 10.7. The third-order valence-electron chi connectivity index (χ3n) is 2.42. The van der Waals surface area contributed by atoms with Gasteiger partial charge in [-0.3, -0.25) is 9.48 Å². The van der Waals surface area contributed by atoms with Crippen LogP contribution < -0.4 is 4.74 Å². The molecule has 2 aromatic rings. The monoisotopic (exact) mass is 264 g/mol. The number of aromatic nitrogens is 2. The van der Waals surface area contributed by atoms with Gasteiger partial charge in [0, 0.05) is 6.54 Å². The number of benzene rings is 1. The first-order chi connectivity index (χ1) is 8.74. The van der Waals surface area contributed by atoms with Crippen LogP contribution in [0.15, 0.2) is 30.6 Å². The van der Waals surface area contributed by atoms with Gasteiger partial charge in [0.05, 0.1) is 23.0 Å². The van der Waals surface area contributed by atoms with Crippen molar-refractivity contribution in [2.75, 3.05) is 0 Å². The van der Waals surface area contributed by atoms with Gasteiger partial charge in [-0.25, -0.2) is 0 Å². The molecule has 0 unspecified atom stereocenters. The van der Waals surface area contributed by atoms with Crippen molar-refractivity contribution in [2.45, 2.75) is 19.9 Å². The fraction of sp³-hybridized carbons (Fsp3) is 0.231. The highest BCUT2D eigenvalue weighted by Crippen LogP contribution is 2.28. The average molecular weight is 265 g/mol. The van der Waals surface area contributed by atoms with Crippen LogP contribution in [0.4, 0.5) is 0 Å². The Morgan fingerprint density at radius 2 is 2.33 bits per heavy atom. The van der Waals surface area contributed by atoms with E-state index in [4.69, 9.17) is 16.3 Å². The molecule has 0 saturated heterocycles. The topological polar surface area (TPSA) is 44.1 Å². The maximum atomic E-state index is 11.0. The number of halogens is 1. The van der Waals surface area contributed by atoms with Gasteiger partial charge in [-0.1, -0.05) is 24.6 Å². The van der Waals surface area contributed by atoms with Crippen LogP contribution in [-0.4, -0.2) is 16.1 Å². The second-order valence-corrected chi connectivity index (χ2v) is 4.22. The Morgan fingerprint density at radius 3 is 3.06 bits per heavy atom. The highest BCUT2D eigenvalue weighted by molar-refractivity contribution is 6.33. The Kier molecular flexibility index (Phi) is 3.99. The lowest BCUT2D eigenvalue weighted by atomic mass is 10.2. The molecule has 94 valence electrons. The Bertz CT molecular complexity index is 552. The van der Waals surface area contributed by atoms with Crippen molar-refractivity contribution in [3.05, 3.63) is 41.2 Å². The lowest BCUT2D eigenvalue weighted by Crippen LogP contribution is -1.95. The van der Waals surface area contributed by atoms with Gasteiger partial charge in [0.1, 0.15) is 5.75 Å². The molecule has 1 heterocycles. The van der Waals surface area contributed by atoms with Crippen molar-refractivity contribution < 1.29 is 9.53 Å². The molecule has 18 heavy (non-hydrogen) atoms. The van der Waals surface area contributed by atoms with Crippen LogP contribution >= 0.6 is 11.6 Å². The molecular formula is C13H13ClN2O2. The minimum absolute atomic E-state index is 0.349. The van der Waals surface area contributed by atoms with Crippen molar-refractivity contribution in [2.24, 2.45) is 0 Å². The van der Waals surface area contributed by atoms with Gasteiger partial charge in [0.25, 0.3) is 0 Å². The van der Waals surface area contributed by atoms with Crippen LogP contribution in [0.3, 0.4) is 0 Å². The minimum atomic E-state index is 0.349. The van der Waals surface area contributed by atoms with E-state index in [1.54, 1.807) is 35.3 Å². The average Bonchev–Trinajstić information content (AvgIpc) is 2.77. The largest absolute Gasteiger partial charge is 0.453 e. The molecule has 0 fully saturated rings. The number of rotatable bonds is 5. The highest BCUT2D eigenvalue weighted by atomic mass is 35.5. The molecule has 1 aromatic carbocycles. The predicted molar refractivity (Wildman–Crippen MR) is 69.4 cm³/mol. The van der Waals surface area contributed by atoms with E-state index in [1.165, 1.54) is 0 Å². The molecule has 4 nitrogen and oxygen atoms in total. The van der Waals surface area contributed by atoms with E-state index in [1.807, 2.05) is 0 Å². The SMILES string of the molecule is CCCn1cc(Oc2cccc(Cl)c2C=O)cn1. The second kappa shape index (κ2) is 5.69. The Hall–Kier alpha value is -1.81. The summed E-state index contributed by atoms with van der Waals surface area (Å²) in [5.74, 6) is 1.03. The number of aldehydes is 1. The first-order valence-electron chi connectivity index (χ1n) is 5.68. The molecule has 1 aromatic heterocycles. The molecule has 0 spiro atoms. The van der Waals surface area contributed by atoms with Crippen molar-refractivity contribution in [1.29, 1.82) is 0 Å². The van der Waals surface area contributed by atoms with Gasteiger partial charge in [-0.2, -0.15) is 5.10 Å². The summed E-state index contributed by atoms with van der Waals surface area (Å²) in [5, 5.41) is 4.53. The molecule has 0 bridgehead atoms. The third kappa shape index (κ3) is 2.71. The second-order valence-electron chi connectivity index (χ2n) is 3.81. The summed E-state index contributed by atoms with van der Waals surface area (Å²) in [5.41, 5.74) is 0.349. The smallest absolute Gasteiger partial charge is 0.165 e. The van der Waals surface area contributed by atoms with E-state index < -0.39 is 0 Å². The number of carbonyl (C=O) groups is 1. The van der Waals surface area contributed by atoms with E-state index in [0.29, 0.717) is 28.4 Å². The summed E-state index contributed by atoms with van der Waals surface area (Å²) in [4.78, 5) is 11.0. The summed E-state index contributed by atoms with van der Waals surface area (Å²) < 4.78 is 7.40. The van der Waals surface area contributed by atoms with Crippen molar-refractivity contribution in [1.82, 2.24) is 9.78 Å². The number of hydrogen-bond donors (Lipinski definition) is 0. The maximum Gasteiger partial charge on any atom is 0.165 e. The molecule has 0 aliphatic heterocycles. The van der Waals surface area contributed by atoms with E-state index in [9.17, 15) is 4.79 Å². The first-order valence-corrected chi connectivity index (χ1v) is 6.06. The zero-order valence-electron chi connectivity index (χ0n) is 9.97. The predicted octanol–water partition coefficient (Wildman–Crippen LogP) is 3.55. The number of nitrogens with zero attached hydrogens (tertiary/aromatic N) is 2. The molecule has 0 radical (unpaired) electrons. The molecule has 0 aliphatic carbocycles. The molecule has 0 saturated carbocycles. The molecule has 2 rings (SSSR count). The van der Waals surface area contributed by atoms with Gasteiger partial charge in [0.2, 0.25) is 0 Å². The Labute approximate surface area is 110 Å². The summed E-state index contributed by atoms with van der Waals surface area (Å²) in [6.07, 6.45) is 5.09. The molecule has 0 atom stereocenters. The zero-order chi connectivity index (χ0) is 13.0. The fourth-order valence-corrected chi connectivity index (χ4v) is 1.81. The fourth-order valence-electron chi connectivity index (χ4n) is 1.60. The van der Waals surface area contributed by atoms with Gasteiger partial charge in [-0.05, 0) is 18.6 Å². The molecule has 0 amide bonds. The number of aryl methyl sites for hydroxylation is 1. The van der Waals surface area contributed by atoms with Crippen molar-refractivity contribution in [3.8, 4) is 11.5 Å². The summed E-state index contributed by atoms with van der Waals surface area (Å²) >= 11 is 5.92. The van der Waals surface area contributed by atoms with Gasteiger partial charge < -0.3 is 4.74 Å². The molecular weight excluding hydrogens is 252 g/mol. The summed E-state index contributed by atoms with van der Waals surface area (Å²) in [6.45, 7) is 2.91. The van der Waals surface area contributed by atoms with Crippen molar-refractivity contribution >= 4 is 17.9 Å². The quantitative estimate of drug-likeness (QED) is 0.776. The molecule has 0 N–H and O–H groups in total. The molecule has 0 aliphatic rings. The first kappa shape index (κ1) is 12.6. The van der Waals surface area contributed by atoms with Gasteiger partial charge in [-0.15, -0.1) is 0 Å².